The van der Waals surface area contributed by atoms with Gasteiger partial charge in [0.1, 0.15) is 0 Å². The Balaban J connectivity index is 4.02. The predicted octanol–water partition coefficient (Wildman–Crippen LogP) is 4.05. The molecule has 0 spiro atoms. The number of unbranched alkanes of at least 4 members (excludes halogenated alkanes) is 2. The number of nitrogens with one attached hydrogen (secondary N) is 1. The molecule has 0 aromatic rings. The Labute approximate surface area is 116 Å². The first-order chi connectivity index (χ1) is 8.28. The Morgan fingerprint density at radius 1 is 1.06 bits per heavy atom. The first-order valence-electron chi connectivity index (χ1n) is 7.78. The summed E-state index contributed by atoms with van der Waals surface area (Å²) >= 11 is 0. The van der Waals surface area contributed by atoms with Gasteiger partial charge in [-0.1, -0.05) is 19.8 Å². The highest BCUT2D eigenvalue weighted by Gasteiger charge is 2.17. The minimum atomic E-state index is 0.241. The fraction of sp³-hybridized carbons (Fsp3) is 1.00. The second-order valence-electron chi connectivity index (χ2n) is 6.85. The van der Waals surface area contributed by atoms with Crippen molar-refractivity contribution in [2.75, 3.05) is 13.1 Å². The van der Waals surface area contributed by atoms with E-state index in [2.05, 4.69) is 58.7 Å². The van der Waals surface area contributed by atoms with Gasteiger partial charge in [-0.3, -0.25) is 4.90 Å². The second kappa shape index (κ2) is 8.92. The lowest BCUT2D eigenvalue weighted by molar-refractivity contribution is 0.151. The van der Waals surface area contributed by atoms with E-state index in [1.807, 2.05) is 0 Å². The summed E-state index contributed by atoms with van der Waals surface area (Å²) in [5, 5.41) is 3.59. The standard InChI is InChI=1S/C16H36N2/c1-8-9-10-13-18(14(2)3)15(4)11-12-17-16(5,6)7/h14-15,17H,8-13H2,1-7H3. The van der Waals surface area contributed by atoms with Gasteiger partial charge in [-0.25, -0.2) is 0 Å². The molecule has 1 unspecified atom stereocenters. The van der Waals surface area contributed by atoms with Crippen LogP contribution in [0.5, 0.6) is 0 Å². The van der Waals surface area contributed by atoms with Crippen LogP contribution in [0, 0.1) is 0 Å². The van der Waals surface area contributed by atoms with Crippen molar-refractivity contribution in [3.05, 3.63) is 0 Å². The van der Waals surface area contributed by atoms with Crippen LogP contribution in [0.15, 0.2) is 0 Å². The Hall–Kier alpha value is -0.0800. The third kappa shape index (κ3) is 8.93. The fourth-order valence-electron chi connectivity index (χ4n) is 2.35. The highest BCUT2D eigenvalue weighted by atomic mass is 15.2. The predicted molar refractivity (Wildman–Crippen MR) is 83.2 cm³/mol. The normalized spacial score (nSPS) is 14.5. The molecule has 110 valence electrons. The van der Waals surface area contributed by atoms with Gasteiger partial charge in [0.15, 0.2) is 0 Å². The summed E-state index contributed by atoms with van der Waals surface area (Å²) in [5.74, 6) is 0. The van der Waals surface area contributed by atoms with E-state index in [0.717, 1.165) is 6.54 Å². The topological polar surface area (TPSA) is 15.3 Å². The summed E-state index contributed by atoms with van der Waals surface area (Å²) in [7, 11) is 0. The molecule has 0 aliphatic rings. The van der Waals surface area contributed by atoms with Gasteiger partial charge >= 0.3 is 0 Å². The molecule has 2 heteroatoms. The molecule has 0 aliphatic heterocycles. The van der Waals surface area contributed by atoms with Gasteiger partial charge in [-0.2, -0.15) is 0 Å². The van der Waals surface area contributed by atoms with Gasteiger partial charge in [0.05, 0.1) is 0 Å². The van der Waals surface area contributed by atoms with Crippen molar-refractivity contribution >= 4 is 0 Å². The minimum absolute atomic E-state index is 0.241. The van der Waals surface area contributed by atoms with Crippen molar-refractivity contribution in [2.24, 2.45) is 0 Å². The van der Waals surface area contributed by atoms with E-state index < -0.39 is 0 Å². The zero-order valence-corrected chi connectivity index (χ0v) is 13.8. The first kappa shape index (κ1) is 17.9. The average Bonchev–Trinajstić information content (AvgIpc) is 2.21. The molecule has 1 atom stereocenters. The fourth-order valence-corrected chi connectivity index (χ4v) is 2.35. The maximum absolute atomic E-state index is 3.59. The minimum Gasteiger partial charge on any atom is -0.312 e. The van der Waals surface area contributed by atoms with E-state index in [-0.39, 0.29) is 5.54 Å². The van der Waals surface area contributed by atoms with Crippen molar-refractivity contribution in [1.29, 1.82) is 0 Å². The van der Waals surface area contributed by atoms with Crippen LogP contribution in [0.3, 0.4) is 0 Å². The number of hydrogen-bond acceptors (Lipinski definition) is 2. The van der Waals surface area contributed by atoms with E-state index in [0.29, 0.717) is 12.1 Å². The largest absolute Gasteiger partial charge is 0.312 e. The summed E-state index contributed by atoms with van der Waals surface area (Å²) in [6, 6.07) is 1.34. The molecule has 0 bridgehead atoms. The van der Waals surface area contributed by atoms with Crippen LogP contribution in [0.25, 0.3) is 0 Å². The molecule has 0 aromatic heterocycles. The van der Waals surface area contributed by atoms with Gasteiger partial charge in [0.25, 0.3) is 0 Å². The Morgan fingerprint density at radius 3 is 2.11 bits per heavy atom. The van der Waals surface area contributed by atoms with E-state index in [9.17, 15) is 0 Å². The van der Waals surface area contributed by atoms with Crippen molar-refractivity contribution in [1.82, 2.24) is 10.2 Å². The molecule has 0 heterocycles. The van der Waals surface area contributed by atoms with Gasteiger partial charge in [0.2, 0.25) is 0 Å². The molecule has 0 rings (SSSR count). The lowest BCUT2D eigenvalue weighted by atomic mass is 10.1. The Kier molecular flexibility index (Phi) is 8.89. The lowest BCUT2D eigenvalue weighted by Gasteiger charge is -2.33. The molecule has 0 saturated heterocycles. The van der Waals surface area contributed by atoms with Crippen molar-refractivity contribution in [3.8, 4) is 0 Å². The van der Waals surface area contributed by atoms with Crippen LogP contribution in [-0.2, 0) is 0 Å². The second-order valence-corrected chi connectivity index (χ2v) is 6.85. The molecule has 18 heavy (non-hydrogen) atoms. The number of hydrogen-bond donors (Lipinski definition) is 1. The van der Waals surface area contributed by atoms with Gasteiger partial charge in [-0.05, 0) is 67.5 Å². The molecule has 2 nitrogen and oxygen atoms in total. The molecule has 0 fully saturated rings. The van der Waals surface area contributed by atoms with Gasteiger partial charge < -0.3 is 5.32 Å². The van der Waals surface area contributed by atoms with E-state index >= 15 is 0 Å². The summed E-state index contributed by atoms with van der Waals surface area (Å²) in [4.78, 5) is 2.65. The first-order valence-corrected chi connectivity index (χ1v) is 7.78. The summed E-state index contributed by atoms with van der Waals surface area (Å²) in [6.45, 7) is 18.4. The number of rotatable bonds is 9. The summed E-state index contributed by atoms with van der Waals surface area (Å²) in [5.41, 5.74) is 0.241. The Morgan fingerprint density at radius 2 is 1.67 bits per heavy atom. The molecule has 0 radical (unpaired) electrons. The van der Waals surface area contributed by atoms with Crippen LogP contribution < -0.4 is 5.32 Å². The van der Waals surface area contributed by atoms with Crippen LogP contribution in [0.4, 0.5) is 0 Å². The number of nitrogens with zero attached hydrogens (tertiary/aromatic N) is 1. The molecule has 0 amide bonds. The van der Waals surface area contributed by atoms with E-state index in [1.165, 1.54) is 32.2 Å². The monoisotopic (exact) mass is 256 g/mol. The van der Waals surface area contributed by atoms with Gasteiger partial charge in [0, 0.05) is 17.6 Å². The Bertz CT molecular complexity index is 194. The maximum Gasteiger partial charge on any atom is 0.00965 e. The molecule has 0 aliphatic carbocycles. The van der Waals surface area contributed by atoms with Crippen LogP contribution in [-0.4, -0.2) is 35.6 Å². The average molecular weight is 256 g/mol. The van der Waals surface area contributed by atoms with Crippen molar-refractivity contribution < 1.29 is 0 Å². The zero-order chi connectivity index (χ0) is 14.2. The molecule has 1 N–H and O–H groups in total. The third-order valence-electron chi connectivity index (χ3n) is 3.47. The van der Waals surface area contributed by atoms with E-state index in [1.54, 1.807) is 0 Å². The van der Waals surface area contributed by atoms with Crippen molar-refractivity contribution in [3.63, 3.8) is 0 Å². The SMILES string of the molecule is CCCCCN(C(C)C)C(C)CCNC(C)(C)C. The van der Waals surface area contributed by atoms with Crippen LogP contribution in [0.2, 0.25) is 0 Å². The molecule has 0 saturated carbocycles. The van der Waals surface area contributed by atoms with Crippen LogP contribution >= 0.6 is 0 Å². The molecular weight excluding hydrogens is 220 g/mol. The summed E-state index contributed by atoms with van der Waals surface area (Å²) < 4.78 is 0. The smallest absolute Gasteiger partial charge is 0.00965 e. The quantitative estimate of drug-likeness (QED) is 0.626. The van der Waals surface area contributed by atoms with Crippen molar-refractivity contribution in [2.45, 2.75) is 91.8 Å². The lowest BCUT2D eigenvalue weighted by Crippen LogP contribution is -2.43. The summed E-state index contributed by atoms with van der Waals surface area (Å²) in [6.07, 6.45) is 5.25. The highest BCUT2D eigenvalue weighted by molar-refractivity contribution is 4.75. The zero-order valence-electron chi connectivity index (χ0n) is 13.8. The van der Waals surface area contributed by atoms with Crippen LogP contribution in [0.1, 0.15) is 74.1 Å². The third-order valence-corrected chi connectivity index (χ3v) is 3.47. The molecule has 0 aromatic carbocycles. The van der Waals surface area contributed by atoms with E-state index in [4.69, 9.17) is 0 Å². The molecular formula is C16H36N2. The maximum atomic E-state index is 3.59. The highest BCUT2D eigenvalue weighted by Crippen LogP contribution is 2.11. The van der Waals surface area contributed by atoms with Gasteiger partial charge in [-0.15, -0.1) is 0 Å².